The van der Waals surface area contributed by atoms with Crippen LogP contribution < -0.4 is 11.1 Å². The monoisotopic (exact) mass is 310 g/mol. The summed E-state index contributed by atoms with van der Waals surface area (Å²) in [4.78, 5) is 11.7. The summed E-state index contributed by atoms with van der Waals surface area (Å²) in [7, 11) is 1.81. The lowest BCUT2D eigenvalue weighted by molar-refractivity contribution is 0.0524. The highest BCUT2D eigenvalue weighted by Crippen LogP contribution is 2.30. The molecule has 1 aromatic carbocycles. The average molecular weight is 311 g/mol. The summed E-state index contributed by atoms with van der Waals surface area (Å²) in [6, 6.07) is 1.71. The van der Waals surface area contributed by atoms with Gasteiger partial charge in [-0.15, -0.1) is 0 Å². The molecule has 0 saturated carbocycles. The number of nitrogens with one attached hydrogen (secondary N) is 1. The van der Waals surface area contributed by atoms with Gasteiger partial charge in [0, 0.05) is 30.7 Å². The van der Waals surface area contributed by atoms with E-state index >= 15 is 0 Å². The Hall–Kier alpha value is -1.95. The number of nitrogens with two attached hydrogens (primary N) is 1. The summed E-state index contributed by atoms with van der Waals surface area (Å²) in [5.74, 6) is 0. The van der Waals surface area contributed by atoms with Crippen molar-refractivity contribution in [3.8, 4) is 0 Å². The average Bonchev–Trinajstić information content (AvgIpc) is 2.67. The molecule has 7 heteroatoms. The molecule has 0 aliphatic rings. The number of hydrogen-bond acceptors (Lipinski definition) is 4. The summed E-state index contributed by atoms with van der Waals surface area (Å²) >= 11 is 6.11. The lowest BCUT2D eigenvalue weighted by atomic mass is 10.1. The van der Waals surface area contributed by atoms with Crippen molar-refractivity contribution in [2.45, 2.75) is 32.9 Å². The van der Waals surface area contributed by atoms with E-state index in [0.29, 0.717) is 10.7 Å². The van der Waals surface area contributed by atoms with Crippen molar-refractivity contribution in [2.24, 2.45) is 7.05 Å². The maximum absolute atomic E-state index is 11.7. The van der Waals surface area contributed by atoms with E-state index in [0.717, 1.165) is 16.5 Å². The second kappa shape index (κ2) is 5.44. The van der Waals surface area contributed by atoms with Crippen LogP contribution in [0.4, 0.5) is 10.5 Å². The predicted molar refractivity (Wildman–Crippen MR) is 83.2 cm³/mol. The normalized spacial score (nSPS) is 11.7. The molecule has 0 radical (unpaired) electrons. The quantitative estimate of drug-likeness (QED) is 0.836. The van der Waals surface area contributed by atoms with Crippen LogP contribution in [0.2, 0.25) is 5.02 Å². The van der Waals surface area contributed by atoms with Crippen LogP contribution in [-0.2, 0) is 18.3 Å². The first-order valence-corrected chi connectivity index (χ1v) is 6.92. The maximum Gasteiger partial charge on any atom is 0.407 e. The number of nitrogen functional groups attached to an aromatic ring is 1. The summed E-state index contributed by atoms with van der Waals surface area (Å²) in [6.07, 6.45) is 1.34. The van der Waals surface area contributed by atoms with E-state index in [9.17, 15) is 4.79 Å². The molecule has 2 rings (SSSR count). The van der Waals surface area contributed by atoms with Gasteiger partial charge in [0.25, 0.3) is 0 Å². The SMILES string of the molecule is Cn1cc2c(CNC(=O)OC(C)(C)C)c(N)c(Cl)cc2n1. The third-order valence-electron chi connectivity index (χ3n) is 2.84. The van der Waals surface area contributed by atoms with E-state index in [-0.39, 0.29) is 6.54 Å². The second-order valence-corrected chi connectivity index (χ2v) is 6.25. The van der Waals surface area contributed by atoms with Crippen LogP contribution in [0.25, 0.3) is 10.9 Å². The number of hydrogen-bond donors (Lipinski definition) is 2. The smallest absolute Gasteiger partial charge is 0.407 e. The number of benzene rings is 1. The molecular weight excluding hydrogens is 292 g/mol. The van der Waals surface area contributed by atoms with E-state index in [1.54, 1.807) is 31.5 Å². The number of rotatable bonds is 2. The van der Waals surface area contributed by atoms with Crippen LogP contribution in [0.15, 0.2) is 12.3 Å². The summed E-state index contributed by atoms with van der Waals surface area (Å²) in [5, 5.41) is 8.26. The summed E-state index contributed by atoms with van der Waals surface area (Å²) in [5.41, 5.74) is 7.37. The van der Waals surface area contributed by atoms with Crippen molar-refractivity contribution in [2.75, 3.05) is 5.73 Å². The molecule has 1 aromatic heterocycles. The first-order valence-electron chi connectivity index (χ1n) is 6.54. The van der Waals surface area contributed by atoms with Crippen LogP contribution in [0.3, 0.4) is 0 Å². The standard InChI is InChI=1S/C14H19ClN4O2/c1-14(2,3)21-13(20)17-6-8-9-7-19(4)18-11(9)5-10(15)12(8)16/h5,7H,6,16H2,1-4H3,(H,17,20). The Balaban J connectivity index is 2.25. The van der Waals surface area contributed by atoms with Gasteiger partial charge in [0.2, 0.25) is 0 Å². The number of aryl methyl sites for hydroxylation is 1. The number of aromatic nitrogens is 2. The van der Waals surface area contributed by atoms with Crippen LogP contribution >= 0.6 is 11.6 Å². The molecule has 0 aliphatic carbocycles. The predicted octanol–water partition coefficient (Wildman–Crippen LogP) is 2.83. The summed E-state index contributed by atoms with van der Waals surface area (Å²) < 4.78 is 6.88. The van der Waals surface area contributed by atoms with E-state index in [1.165, 1.54) is 0 Å². The minimum Gasteiger partial charge on any atom is -0.444 e. The Morgan fingerprint density at radius 3 is 2.81 bits per heavy atom. The fraction of sp³-hybridized carbons (Fsp3) is 0.429. The molecule has 0 atom stereocenters. The molecule has 0 saturated heterocycles. The number of ether oxygens (including phenoxy) is 1. The zero-order valence-corrected chi connectivity index (χ0v) is 13.3. The molecule has 6 nitrogen and oxygen atoms in total. The van der Waals surface area contributed by atoms with Crippen molar-refractivity contribution in [3.05, 3.63) is 22.8 Å². The van der Waals surface area contributed by atoms with Gasteiger partial charge in [-0.05, 0) is 26.8 Å². The number of fused-ring (bicyclic) bond motifs is 1. The third-order valence-corrected chi connectivity index (χ3v) is 3.15. The van der Waals surface area contributed by atoms with Gasteiger partial charge in [0.15, 0.2) is 0 Å². The minimum atomic E-state index is -0.548. The van der Waals surface area contributed by atoms with Crippen molar-refractivity contribution < 1.29 is 9.53 Å². The molecule has 0 bridgehead atoms. The number of alkyl carbamates (subject to hydrolysis) is 1. The van der Waals surface area contributed by atoms with Gasteiger partial charge in [0.1, 0.15) is 5.60 Å². The Bertz CT molecular complexity index is 688. The van der Waals surface area contributed by atoms with E-state index in [1.807, 2.05) is 13.2 Å². The first kappa shape index (κ1) is 15.4. The zero-order chi connectivity index (χ0) is 15.8. The van der Waals surface area contributed by atoms with Gasteiger partial charge in [0.05, 0.1) is 16.2 Å². The van der Waals surface area contributed by atoms with Gasteiger partial charge in [-0.3, -0.25) is 4.68 Å². The molecule has 3 N–H and O–H groups in total. The third kappa shape index (κ3) is 3.58. The molecule has 114 valence electrons. The number of carbonyl (C=O) groups excluding carboxylic acids is 1. The molecular formula is C14H19ClN4O2. The van der Waals surface area contributed by atoms with Crippen molar-refractivity contribution in [1.82, 2.24) is 15.1 Å². The number of nitrogens with zero attached hydrogens (tertiary/aromatic N) is 2. The summed E-state index contributed by atoms with van der Waals surface area (Å²) in [6.45, 7) is 5.64. The highest BCUT2D eigenvalue weighted by molar-refractivity contribution is 6.34. The van der Waals surface area contributed by atoms with Gasteiger partial charge in [-0.1, -0.05) is 11.6 Å². The highest BCUT2D eigenvalue weighted by Gasteiger charge is 2.18. The number of anilines is 1. The number of halogens is 1. The Labute approximate surface area is 128 Å². The van der Waals surface area contributed by atoms with Gasteiger partial charge in [-0.25, -0.2) is 4.79 Å². The van der Waals surface area contributed by atoms with Crippen LogP contribution in [0, 0.1) is 0 Å². The highest BCUT2D eigenvalue weighted by atomic mass is 35.5. The molecule has 2 aromatic rings. The van der Waals surface area contributed by atoms with Gasteiger partial charge < -0.3 is 15.8 Å². The molecule has 0 fully saturated rings. The lowest BCUT2D eigenvalue weighted by Crippen LogP contribution is -2.32. The maximum atomic E-state index is 11.7. The minimum absolute atomic E-state index is 0.226. The van der Waals surface area contributed by atoms with Crippen LogP contribution in [0.1, 0.15) is 26.3 Å². The molecule has 1 amide bonds. The zero-order valence-electron chi connectivity index (χ0n) is 12.5. The Morgan fingerprint density at radius 2 is 2.19 bits per heavy atom. The topological polar surface area (TPSA) is 82.2 Å². The molecule has 0 unspecified atom stereocenters. The van der Waals surface area contributed by atoms with Crippen molar-refractivity contribution in [3.63, 3.8) is 0 Å². The van der Waals surface area contributed by atoms with E-state index in [4.69, 9.17) is 22.1 Å². The van der Waals surface area contributed by atoms with Crippen molar-refractivity contribution in [1.29, 1.82) is 0 Å². The van der Waals surface area contributed by atoms with Gasteiger partial charge in [-0.2, -0.15) is 5.10 Å². The van der Waals surface area contributed by atoms with Crippen molar-refractivity contribution >= 4 is 34.3 Å². The lowest BCUT2D eigenvalue weighted by Gasteiger charge is -2.20. The fourth-order valence-corrected chi connectivity index (χ4v) is 2.21. The Kier molecular flexibility index (Phi) is 4.00. The Morgan fingerprint density at radius 1 is 1.52 bits per heavy atom. The van der Waals surface area contributed by atoms with E-state index in [2.05, 4.69) is 10.4 Å². The fourth-order valence-electron chi connectivity index (χ4n) is 2.00. The van der Waals surface area contributed by atoms with E-state index < -0.39 is 11.7 Å². The van der Waals surface area contributed by atoms with Crippen LogP contribution in [-0.4, -0.2) is 21.5 Å². The second-order valence-electron chi connectivity index (χ2n) is 5.84. The van der Waals surface area contributed by atoms with Crippen LogP contribution in [0.5, 0.6) is 0 Å². The molecule has 1 heterocycles. The first-order chi connectivity index (χ1) is 9.67. The molecule has 21 heavy (non-hydrogen) atoms. The van der Waals surface area contributed by atoms with Gasteiger partial charge >= 0.3 is 6.09 Å². The largest absolute Gasteiger partial charge is 0.444 e. The molecule has 0 aliphatic heterocycles. The number of carbonyl (C=O) groups is 1. The molecule has 0 spiro atoms. The number of amides is 1.